The van der Waals surface area contributed by atoms with Gasteiger partial charge in [-0.2, -0.15) is 0 Å². The van der Waals surface area contributed by atoms with E-state index in [-0.39, 0.29) is 18.1 Å². The van der Waals surface area contributed by atoms with E-state index in [0.717, 1.165) is 0 Å². The van der Waals surface area contributed by atoms with Crippen LogP contribution in [0.1, 0.15) is 21.9 Å². The van der Waals surface area contributed by atoms with Gasteiger partial charge in [0, 0.05) is 17.7 Å². The number of hydrogen-bond donors (Lipinski definition) is 2. The lowest BCUT2D eigenvalue weighted by atomic mass is 10.2. The van der Waals surface area contributed by atoms with E-state index in [4.69, 9.17) is 9.52 Å². The van der Waals surface area contributed by atoms with Crippen LogP contribution in [0.25, 0.3) is 0 Å². The van der Waals surface area contributed by atoms with E-state index >= 15 is 0 Å². The SMILES string of the molecule is Cc1cc(CNc2c(F)cc(F)cc2F)oc1C(=O)O. The zero-order valence-corrected chi connectivity index (χ0v) is 10.3. The lowest BCUT2D eigenvalue weighted by molar-refractivity contribution is 0.0659. The van der Waals surface area contributed by atoms with Gasteiger partial charge < -0.3 is 14.8 Å². The Bertz CT molecular complexity index is 644. The molecule has 1 heterocycles. The Balaban J connectivity index is 2.17. The lowest BCUT2D eigenvalue weighted by Gasteiger charge is -2.07. The molecule has 4 nitrogen and oxygen atoms in total. The third kappa shape index (κ3) is 2.76. The molecule has 20 heavy (non-hydrogen) atoms. The molecule has 0 radical (unpaired) electrons. The van der Waals surface area contributed by atoms with E-state index in [1.165, 1.54) is 13.0 Å². The first-order valence-electron chi connectivity index (χ1n) is 5.59. The molecule has 1 aromatic heterocycles. The van der Waals surface area contributed by atoms with Crippen molar-refractivity contribution in [2.45, 2.75) is 13.5 Å². The Morgan fingerprint density at radius 1 is 1.25 bits per heavy atom. The van der Waals surface area contributed by atoms with Crippen LogP contribution in [0, 0.1) is 24.4 Å². The zero-order chi connectivity index (χ0) is 14.9. The number of carboxylic acid groups (broad SMARTS) is 1. The summed E-state index contributed by atoms with van der Waals surface area (Å²) in [6, 6.07) is 2.53. The molecule has 0 unspecified atom stereocenters. The minimum absolute atomic E-state index is 0.131. The molecule has 0 atom stereocenters. The minimum atomic E-state index is -1.23. The average Bonchev–Trinajstić information content (AvgIpc) is 2.69. The summed E-state index contributed by atoms with van der Waals surface area (Å²) in [6.45, 7) is 1.41. The third-order valence-corrected chi connectivity index (χ3v) is 2.61. The molecule has 0 saturated heterocycles. The van der Waals surface area contributed by atoms with Crippen LogP contribution in [0.5, 0.6) is 0 Å². The van der Waals surface area contributed by atoms with Crippen molar-refractivity contribution in [1.82, 2.24) is 0 Å². The van der Waals surface area contributed by atoms with Gasteiger partial charge in [-0.25, -0.2) is 18.0 Å². The van der Waals surface area contributed by atoms with Crippen LogP contribution in [0.15, 0.2) is 22.6 Å². The van der Waals surface area contributed by atoms with Crippen LogP contribution in [-0.2, 0) is 6.54 Å². The van der Waals surface area contributed by atoms with Crippen molar-refractivity contribution in [3.05, 3.63) is 52.7 Å². The summed E-state index contributed by atoms with van der Waals surface area (Å²) in [5.41, 5.74) is -0.105. The van der Waals surface area contributed by atoms with Crippen molar-refractivity contribution in [3.8, 4) is 0 Å². The van der Waals surface area contributed by atoms with E-state index in [2.05, 4.69) is 5.32 Å². The predicted molar refractivity (Wildman–Crippen MR) is 64.0 cm³/mol. The van der Waals surface area contributed by atoms with Crippen molar-refractivity contribution in [3.63, 3.8) is 0 Å². The number of aryl methyl sites for hydroxylation is 1. The average molecular weight is 285 g/mol. The molecule has 106 valence electrons. The van der Waals surface area contributed by atoms with Crippen LogP contribution >= 0.6 is 0 Å². The quantitative estimate of drug-likeness (QED) is 0.904. The van der Waals surface area contributed by atoms with Crippen molar-refractivity contribution in [2.75, 3.05) is 5.32 Å². The second-order valence-corrected chi connectivity index (χ2v) is 4.13. The van der Waals surface area contributed by atoms with Crippen molar-refractivity contribution >= 4 is 11.7 Å². The molecular weight excluding hydrogens is 275 g/mol. The summed E-state index contributed by atoms with van der Waals surface area (Å²) < 4.78 is 44.5. The number of carboxylic acids is 1. The van der Waals surface area contributed by atoms with Gasteiger partial charge in [-0.05, 0) is 13.0 Å². The molecule has 0 amide bonds. The van der Waals surface area contributed by atoms with Gasteiger partial charge in [0.05, 0.1) is 6.54 Å². The summed E-state index contributed by atoms with van der Waals surface area (Å²) in [5, 5.41) is 11.2. The highest BCUT2D eigenvalue weighted by Crippen LogP contribution is 2.22. The molecule has 0 spiro atoms. The topological polar surface area (TPSA) is 62.5 Å². The van der Waals surface area contributed by atoms with Gasteiger partial charge in [-0.1, -0.05) is 0 Å². The second kappa shape index (κ2) is 5.28. The van der Waals surface area contributed by atoms with Gasteiger partial charge in [-0.15, -0.1) is 0 Å². The number of halogens is 3. The Hall–Kier alpha value is -2.44. The number of hydrogen-bond acceptors (Lipinski definition) is 3. The zero-order valence-electron chi connectivity index (χ0n) is 10.3. The highest BCUT2D eigenvalue weighted by Gasteiger charge is 2.16. The van der Waals surface area contributed by atoms with Gasteiger partial charge in [0.1, 0.15) is 17.3 Å². The number of nitrogens with one attached hydrogen (secondary N) is 1. The molecule has 0 aliphatic heterocycles. The molecule has 2 N–H and O–H groups in total. The van der Waals surface area contributed by atoms with Crippen molar-refractivity contribution < 1.29 is 27.5 Å². The normalized spacial score (nSPS) is 10.6. The van der Waals surface area contributed by atoms with Crippen LogP contribution in [0.4, 0.5) is 18.9 Å². The number of rotatable bonds is 4. The summed E-state index contributed by atoms with van der Waals surface area (Å²) in [6.07, 6.45) is 0. The van der Waals surface area contributed by atoms with Crippen molar-refractivity contribution in [2.24, 2.45) is 0 Å². The van der Waals surface area contributed by atoms with Gasteiger partial charge in [0.15, 0.2) is 11.6 Å². The summed E-state index contributed by atoms with van der Waals surface area (Å²) in [7, 11) is 0. The van der Waals surface area contributed by atoms with Crippen LogP contribution in [-0.4, -0.2) is 11.1 Å². The monoisotopic (exact) mass is 285 g/mol. The highest BCUT2D eigenvalue weighted by atomic mass is 19.1. The first-order valence-corrected chi connectivity index (χ1v) is 5.59. The molecular formula is C13H10F3NO3. The molecule has 7 heteroatoms. The van der Waals surface area contributed by atoms with Crippen LogP contribution in [0.2, 0.25) is 0 Å². The van der Waals surface area contributed by atoms with E-state index in [9.17, 15) is 18.0 Å². The van der Waals surface area contributed by atoms with Gasteiger partial charge in [-0.3, -0.25) is 0 Å². The lowest BCUT2D eigenvalue weighted by Crippen LogP contribution is -2.04. The molecule has 0 bridgehead atoms. The van der Waals surface area contributed by atoms with E-state index < -0.39 is 29.1 Å². The maximum Gasteiger partial charge on any atom is 0.372 e. The number of furan rings is 1. The summed E-state index contributed by atoms with van der Waals surface area (Å²) in [5.74, 6) is -4.45. The maximum absolute atomic E-state index is 13.4. The number of aromatic carboxylic acids is 1. The number of anilines is 1. The van der Waals surface area contributed by atoms with E-state index in [1.807, 2.05) is 0 Å². The Kier molecular flexibility index (Phi) is 3.69. The number of benzene rings is 1. The summed E-state index contributed by atoms with van der Waals surface area (Å²) in [4.78, 5) is 10.8. The van der Waals surface area contributed by atoms with Crippen LogP contribution < -0.4 is 5.32 Å². The minimum Gasteiger partial charge on any atom is -0.475 e. The fourth-order valence-corrected chi connectivity index (χ4v) is 1.73. The Morgan fingerprint density at radius 3 is 2.35 bits per heavy atom. The Labute approximate surface area is 111 Å². The van der Waals surface area contributed by atoms with Crippen LogP contribution in [0.3, 0.4) is 0 Å². The maximum atomic E-state index is 13.4. The van der Waals surface area contributed by atoms with E-state index in [0.29, 0.717) is 17.7 Å². The van der Waals surface area contributed by atoms with Gasteiger partial charge >= 0.3 is 5.97 Å². The largest absolute Gasteiger partial charge is 0.475 e. The fraction of sp³-hybridized carbons (Fsp3) is 0.154. The first-order chi connectivity index (χ1) is 9.38. The molecule has 0 fully saturated rings. The third-order valence-electron chi connectivity index (χ3n) is 2.61. The molecule has 0 aliphatic carbocycles. The first kappa shape index (κ1) is 14.0. The molecule has 2 rings (SSSR count). The number of carbonyl (C=O) groups is 1. The van der Waals surface area contributed by atoms with Gasteiger partial charge in [0.2, 0.25) is 5.76 Å². The molecule has 1 aromatic carbocycles. The molecule has 0 saturated carbocycles. The standard InChI is InChI=1S/C13H10F3NO3/c1-6-2-8(20-12(6)13(18)19)5-17-11-9(15)3-7(14)4-10(11)16/h2-4,17H,5H2,1H3,(H,18,19). The van der Waals surface area contributed by atoms with Crippen molar-refractivity contribution in [1.29, 1.82) is 0 Å². The smallest absolute Gasteiger partial charge is 0.372 e. The summed E-state index contributed by atoms with van der Waals surface area (Å²) >= 11 is 0. The predicted octanol–water partition coefficient (Wildman–Crippen LogP) is 3.32. The highest BCUT2D eigenvalue weighted by molar-refractivity contribution is 5.86. The Morgan fingerprint density at radius 2 is 1.85 bits per heavy atom. The molecule has 2 aromatic rings. The second-order valence-electron chi connectivity index (χ2n) is 4.13. The fourth-order valence-electron chi connectivity index (χ4n) is 1.73. The molecule has 0 aliphatic rings. The van der Waals surface area contributed by atoms with Gasteiger partial charge in [0.25, 0.3) is 0 Å². The van der Waals surface area contributed by atoms with E-state index in [1.54, 1.807) is 0 Å².